The van der Waals surface area contributed by atoms with E-state index in [4.69, 9.17) is 16.3 Å². The molecule has 0 radical (unpaired) electrons. The standard InChI is InChI=1S/C17H15ClO3/c1-12(19)10-11-21-16-8-4-14(5-9-16)17(20)13-2-6-15(18)7-3-13/h2-9H,10-11H2,1H3. The Kier molecular flexibility index (Phi) is 5.12. The smallest absolute Gasteiger partial charge is 0.193 e. The Hall–Kier alpha value is -2.13. The van der Waals surface area contributed by atoms with Gasteiger partial charge in [0.15, 0.2) is 5.78 Å². The number of ether oxygens (including phenoxy) is 1. The molecule has 0 aromatic heterocycles. The van der Waals surface area contributed by atoms with Gasteiger partial charge in [-0.1, -0.05) is 11.6 Å². The second kappa shape index (κ2) is 7.04. The lowest BCUT2D eigenvalue weighted by molar-refractivity contribution is -0.117. The molecule has 2 aromatic carbocycles. The number of hydrogen-bond donors (Lipinski definition) is 0. The minimum atomic E-state index is -0.0676. The number of Topliss-reactive ketones (excluding diaryl/α,β-unsaturated/α-hetero) is 1. The summed E-state index contributed by atoms with van der Waals surface area (Å²) in [5, 5.41) is 0.598. The molecule has 0 bridgehead atoms. The van der Waals surface area contributed by atoms with Crippen LogP contribution in [0.1, 0.15) is 29.3 Å². The first-order valence-corrected chi connectivity index (χ1v) is 6.96. The second-order valence-electron chi connectivity index (χ2n) is 4.66. The molecule has 2 rings (SSSR count). The Morgan fingerprint density at radius 2 is 1.48 bits per heavy atom. The van der Waals surface area contributed by atoms with Gasteiger partial charge in [0.2, 0.25) is 0 Å². The summed E-state index contributed by atoms with van der Waals surface area (Å²) in [6.45, 7) is 1.87. The minimum Gasteiger partial charge on any atom is -0.493 e. The zero-order valence-electron chi connectivity index (χ0n) is 11.6. The van der Waals surface area contributed by atoms with E-state index < -0.39 is 0 Å². The normalized spacial score (nSPS) is 10.2. The average molecular weight is 303 g/mol. The molecule has 108 valence electrons. The first-order valence-electron chi connectivity index (χ1n) is 6.59. The van der Waals surface area contributed by atoms with Crippen molar-refractivity contribution in [2.75, 3.05) is 6.61 Å². The molecule has 0 aliphatic rings. The number of carbonyl (C=O) groups excluding carboxylic acids is 2. The highest BCUT2D eigenvalue weighted by atomic mass is 35.5. The number of hydrogen-bond acceptors (Lipinski definition) is 3. The van der Waals surface area contributed by atoms with E-state index in [0.717, 1.165) is 0 Å². The van der Waals surface area contributed by atoms with Crippen LogP contribution in [-0.4, -0.2) is 18.2 Å². The fourth-order valence-corrected chi connectivity index (χ4v) is 1.91. The van der Waals surface area contributed by atoms with Crippen molar-refractivity contribution >= 4 is 23.2 Å². The van der Waals surface area contributed by atoms with E-state index >= 15 is 0 Å². The van der Waals surface area contributed by atoms with Crippen molar-refractivity contribution in [2.24, 2.45) is 0 Å². The topological polar surface area (TPSA) is 43.4 Å². The molecule has 0 fully saturated rings. The van der Waals surface area contributed by atoms with Gasteiger partial charge in [0, 0.05) is 22.6 Å². The summed E-state index contributed by atoms with van der Waals surface area (Å²) in [6, 6.07) is 13.6. The molecule has 0 aliphatic carbocycles. The van der Waals surface area contributed by atoms with Gasteiger partial charge in [-0.2, -0.15) is 0 Å². The average Bonchev–Trinajstić information content (AvgIpc) is 2.48. The van der Waals surface area contributed by atoms with Crippen LogP contribution in [0.2, 0.25) is 5.02 Å². The molecule has 3 nitrogen and oxygen atoms in total. The van der Waals surface area contributed by atoms with Crippen LogP contribution in [0.15, 0.2) is 48.5 Å². The minimum absolute atomic E-state index is 0.0676. The lowest BCUT2D eigenvalue weighted by atomic mass is 10.0. The van der Waals surface area contributed by atoms with Crippen molar-refractivity contribution in [3.05, 3.63) is 64.7 Å². The maximum absolute atomic E-state index is 12.2. The zero-order chi connectivity index (χ0) is 15.2. The van der Waals surface area contributed by atoms with Crippen molar-refractivity contribution in [2.45, 2.75) is 13.3 Å². The van der Waals surface area contributed by atoms with E-state index in [9.17, 15) is 9.59 Å². The lowest BCUT2D eigenvalue weighted by Crippen LogP contribution is -2.04. The van der Waals surface area contributed by atoms with Gasteiger partial charge in [-0.25, -0.2) is 0 Å². The summed E-state index contributed by atoms with van der Waals surface area (Å²) in [7, 11) is 0. The summed E-state index contributed by atoms with van der Waals surface area (Å²) in [5.74, 6) is 0.662. The molecule has 4 heteroatoms. The summed E-state index contributed by atoms with van der Waals surface area (Å²) in [4.78, 5) is 23.1. The molecular weight excluding hydrogens is 288 g/mol. The molecule has 2 aromatic rings. The summed E-state index contributed by atoms with van der Waals surface area (Å²) in [6.07, 6.45) is 0.380. The van der Waals surface area contributed by atoms with Gasteiger partial charge in [0.1, 0.15) is 11.5 Å². The van der Waals surface area contributed by atoms with Crippen molar-refractivity contribution < 1.29 is 14.3 Å². The Morgan fingerprint density at radius 3 is 2.00 bits per heavy atom. The van der Waals surface area contributed by atoms with Gasteiger partial charge < -0.3 is 4.74 Å². The van der Waals surface area contributed by atoms with Crippen LogP contribution in [0, 0.1) is 0 Å². The highest BCUT2D eigenvalue weighted by molar-refractivity contribution is 6.30. The molecular formula is C17H15ClO3. The van der Waals surface area contributed by atoms with Gasteiger partial charge in [-0.15, -0.1) is 0 Å². The number of carbonyl (C=O) groups is 2. The van der Waals surface area contributed by atoms with E-state index in [1.54, 1.807) is 48.5 Å². The fraction of sp³-hybridized carbons (Fsp3) is 0.176. The van der Waals surface area contributed by atoms with Crippen LogP contribution in [-0.2, 0) is 4.79 Å². The van der Waals surface area contributed by atoms with Gasteiger partial charge in [0.25, 0.3) is 0 Å². The van der Waals surface area contributed by atoms with Crippen molar-refractivity contribution in [1.82, 2.24) is 0 Å². The molecule has 0 heterocycles. The maximum Gasteiger partial charge on any atom is 0.193 e. The lowest BCUT2D eigenvalue weighted by Gasteiger charge is -2.06. The Labute approximate surface area is 128 Å². The summed E-state index contributed by atoms with van der Waals surface area (Å²) in [5.41, 5.74) is 1.17. The summed E-state index contributed by atoms with van der Waals surface area (Å²) >= 11 is 5.80. The monoisotopic (exact) mass is 302 g/mol. The van der Waals surface area contributed by atoms with Gasteiger partial charge in [-0.3, -0.25) is 9.59 Å². The van der Waals surface area contributed by atoms with Crippen molar-refractivity contribution in [3.8, 4) is 5.75 Å². The van der Waals surface area contributed by atoms with Crippen LogP contribution in [0.3, 0.4) is 0 Å². The largest absolute Gasteiger partial charge is 0.493 e. The predicted molar refractivity (Wildman–Crippen MR) is 82.1 cm³/mol. The predicted octanol–water partition coefficient (Wildman–Crippen LogP) is 3.93. The third kappa shape index (κ3) is 4.43. The molecule has 0 saturated heterocycles. The SMILES string of the molecule is CC(=O)CCOc1ccc(C(=O)c2ccc(Cl)cc2)cc1. The van der Waals surface area contributed by atoms with Crippen molar-refractivity contribution in [3.63, 3.8) is 0 Å². The Bertz CT molecular complexity index is 630. The fourth-order valence-electron chi connectivity index (χ4n) is 1.78. The quantitative estimate of drug-likeness (QED) is 0.759. The van der Waals surface area contributed by atoms with Crippen LogP contribution >= 0.6 is 11.6 Å². The van der Waals surface area contributed by atoms with E-state index in [0.29, 0.717) is 34.9 Å². The van der Waals surface area contributed by atoms with E-state index in [2.05, 4.69) is 0 Å². The maximum atomic E-state index is 12.2. The molecule has 0 spiro atoms. The zero-order valence-corrected chi connectivity index (χ0v) is 12.4. The Morgan fingerprint density at radius 1 is 0.952 bits per heavy atom. The molecule has 0 N–H and O–H groups in total. The van der Waals surface area contributed by atoms with Crippen molar-refractivity contribution in [1.29, 1.82) is 0 Å². The van der Waals surface area contributed by atoms with E-state index in [1.807, 2.05) is 0 Å². The molecule has 0 aliphatic heterocycles. The number of halogens is 1. The third-order valence-electron chi connectivity index (χ3n) is 2.95. The Balaban J connectivity index is 2.02. The third-order valence-corrected chi connectivity index (χ3v) is 3.20. The van der Waals surface area contributed by atoms with Gasteiger partial charge in [0.05, 0.1) is 6.61 Å². The van der Waals surface area contributed by atoms with Crippen LogP contribution < -0.4 is 4.74 Å². The molecule has 0 atom stereocenters. The molecule has 21 heavy (non-hydrogen) atoms. The number of benzene rings is 2. The highest BCUT2D eigenvalue weighted by Crippen LogP contribution is 2.17. The highest BCUT2D eigenvalue weighted by Gasteiger charge is 2.09. The van der Waals surface area contributed by atoms with Crippen LogP contribution in [0.4, 0.5) is 0 Å². The van der Waals surface area contributed by atoms with Gasteiger partial charge in [-0.05, 0) is 55.5 Å². The first kappa shape index (κ1) is 15.3. The molecule has 0 unspecified atom stereocenters. The second-order valence-corrected chi connectivity index (χ2v) is 5.10. The van der Waals surface area contributed by atoms with E-state index in [1.165, 1.54) is 6.92 Å². The van der Waals surface area contributed by atoms with Crippen LogP contribution in [0.25, 0.3) is 0 Å². The first-order chi connectivity index (χ1) is 10.1. The summed E-state index contributed by atoms with van der Waals surface area (Å²) < 4.78 is 5.42. The molecule has 0 saturated carbocycles. The van der Waals surface area contributed by atoms with Crippen LogP contribution in [0.5, 0.6) is 5.75 Å². The van der Waals surface area contributed by atoms with E-state index in [-0.39, 0.29) is 11.6 Å². The number of ketones is 2. The van der Waals surface area contributed by atoms with Gasteiger partial charge >= 0.3 is 0 Å². The number of rotatable bonds is 6. The molecule has 0 amide bonds.